The average Bonchev–Trinajstić information content (AvgIpc) is 2.48. The fourth-order valence-corrected chi connectivity index (χ4v) is 2.68. The molecule has 0 bridgehead atoms. The lowest BCUT2D eigenvalue weighted by atomic mass is 9.98. The first-order valence-electron chi connectivity index (χ1n) is 6.86. The van der Waals surface area contributed by atoms with Crippen molar-refractivity contribution >= 4 is 21.8 Å². The Hall–Kier alpha value is -1.68. The highest BCUT2D eigenvalue weighted by Crippen LogP contribution is 2.20. The third kappa shape index (κ3) is 4.14. The first-order valence-corrected chi connectivity index (χ1v) is 7.66. The van der Waals surface area contributed by atoms with E-state index in [9.17, 15) is 9.18 Å². The molecule has 0 saturated heterocycles. The summed E-state index contributed by atoms with van der Waals surface area (Å²) in [6, 6.07) is 14.6. The van der Waals surface area contributed by atoms with Gasteiger partial charge in [0.05, 0.1) is 5.56 Å². The molecule has 0 spiro atoms. The Labute approximate surface area is 132 Å². The third-order valence-electron chi connectivity index (χ3n) is 3.42. The maximum atomic E-state index is 13.7. The van der Waals surface area contributed by atoms with E-state index in [1.165, 1.54) is 11.6 Å². The van der Waals surface area contributed by atoms with Crippen LogP contribution < -0.4 is 5.32 Å². The van der Waals surface area contributed by atoms with Gasteiger partial charge in [-0.25, -0.2) is 4.39 Å². The molecular weight excluding hydrogens is 333 g/mol. The van der Waals surface area contributed by atoms with Gasteiger partial charge >= 0.3 is 0 Å². The van der Waals surface area contributed by atoms with E-state index in [1.54, 1.807) is 12.1 Å². The number of amides is 1. The zero-order valence-corrected chi connectivity index (χ0v) is 13.4. The fourth-order valence-electron chi connectivity index (χ4n) is 2.15. The number of hydrogen-bond donors (Lipinski definition) is 1. The summed E-state index contributed by atoms with van der Waals surface area (Å²) in [5.74, 6) is -0.561. The van der Waals surface area contributed by atoms with Gasteiger partial charge in [0.2, 0.25) is 0 Å². The smallest absolute Gasteiger partial charge is 0.255 e. The molecular formula is C17H17BrFNO. The SMILES string of the molecule is CC(CCNC(=O)c1c(F)cccc1Br)c1ccccc1. The minimum Gasteiger partial charge on any atom is -0.352 e. The van der Waals surface area contributed by atoms with E-state index < -0.39 is 5.82 Å². The van der Waals surface area contributed by atoms with Crippen LogP contribution in [0, 0.1) is 5.82 Å². The summed E-state index contributed by atoms with van der Waals surface area (Å²) in [5, 5.41) is 2.77. The van der Waals surface area contributed by atoms with E-state index >= 15 is 0 Å². The molecule has 110 valence electrons. The molecule has 0 aliphatic carbocycles. The molecule has 2 rings (SSSR count). The molecule has 0 saturated carbocycles. The lowest BCUT2D eigenvalue weighted by molar-refractivity contribution is 0.0948. The Morgan fingerprint density at radius 1 is 1.19 bits per heavy atom. The lowest BCUT2D eigenvalue weighted by Gasteiger charge is -2.13. The van der Waals surface area contributed by atoms with Crippen molar-refractivity contribution in [2.24, 2.45) is 0 Å². The number of hydrogen-bond acceptors (Lipinski definition) is 1. The van der Waals surface area contributed by atoms with E-state index in [1.807, 2.05) is 18.2 Å². The van der Waals surface area contributed by atoms with Crippen molar-refractivity contribution in [3.63, 3.8) is 0 Å². The molecule has 1 amide bonds. The van der Waals surface area contributed by atoms with Crippen molar-refractivity contribution in [3.05, 3.63) is 69.9 Å². The molecule has 0 radical (unpaired) electrons. The van der Waals surface area contributed by atoms with Gasteiger partial charge in [0.15, 0.2) is 0 Å². The van der Waals surface area contributed by atoms with Gasteiger partial charge in [-0.3, -0.25) is 4.79 Å². The van der Waals surface area contributed by atoms with Gasteiger partial charge in [0, 0.05) is 11.0 Å². The second-order valence-electron chi connectivity index (χ2n) is 4.95. The molecule has 0 fully saturated rings. The fraction of sp³-hybridized carbons (Fsp3) is 0.235. The van der Waals surface area contributed by atoms with Crippen molar-refractivity contribution in [1.82, 2.24) is 5.32 Å². The van der Waals surface area contributed by atoms with Gasteiger partial charge in [-0.15, -0.1) is 0 Å². The highest BCUT2D eigenvalue weighted by molar-refractivity contribution is 9.10. The van der Waals surface area contributed by atoms with Gasteiger partial charge < -0.3 is 5.32 Å². The number of carbonyl (C=O) groups excluding carboxylic acids is 1. The lowest BCUT2D eigenvalue weighted by Crippen LogP contribution is -2.26. The summed E-state index contributed by atoms with van der Waals surface area (Å²) in [6.45, 7) is 2.62. The van der Waals surface area contributed by atoms with E-state index in [-0.39, 0.29) is 11.5 Å². The van der Waals surface area contributed by atoms with Crippen LogP contribution in [0.4, 0.5) is 4.39 Å². The Kier molecular flexibility index (Phi) is 5.51. The van der Waals surface area contributed by atoms with Crippen LogP contribution in [-0.4, -0.2) is 12.5 Å². The molecule has 1 unspecified atom stereocenters. The van der Waals surface area contributed by atoms with Crippen LogP contribution in [0.15, 0.2) is 53.0 Å². The van der Waals surface area contributed by atoms with E-state index in [0.717, 1.165) is 6.42 Å². The normalized spacial score (nSPS) is 12.0. The third-order valence-corrected chi connectivity index (χ3v) is 4.08. The van der Waals surface area contributed by atoms with Crippen LogP contribution in [0.5, 0.6) is 0 Å². The van der Waals surface area contributed by atoms with Crippen molar-refractivity contribution in [2.45, 2.75) is 19.3 Å². The monoisotopic (exact) mass is 349 g/mol. The van der Waals surface area contributed by atoms with Crippen molar-refractivity contribution < 1.29 is 9.18 Å². The average molecular weight is 350 g/mol. The van der Waals surface area contributed by atoms with Crippen LogP contribution in [0.2, 0.25) is 0 Å². The Balaban J connectivity index is 1.90. The van der Waals surface area contributed by atoms with Crippen LogP contribution >= 0.6 is 15.9 Å². The van der Waals surface area contributed by atoms with Gasteiger partial charge in [-0.2, -0.15) is 0 Å². The summed E-state index contributed by atoms with van der Waals surface area (Å²) < 4.78 is 14.1. The summed E-state index contributed by atoms with van der Waals surface area (Å²) in [7, 11) is 0. The van der Waals surface area contributed by atoms with Crippen LogP contribution in [0.25, 0.3) is 0 Å². The van der Waals surface area contributed by atoms with Gasteiger partial charge in [0.1, 0.15) is 5.82 Å². The zero-order chi connectivity index (χ0) is 15.2. The van der Waals surface area contributed by atoms with Gasteiger partial charge in [-0.05, 0) is 46.0 Å². The highest BCUT2D eigenvalue weighted by Gasteiger charge is 2.15. The van der Waals surface area contributed by atoms with Crippen LogP contribution in [-0.2, 0) is 0 Å². The zero-order valence-electron chi connectivity index (χ0n) is 11.8. The van der Waals surface area contributed by atoms with Gasteiger partial charge in [-0.1, -0.05) is 43.3 Å². The molecule has 1 atom stereocenters. The topological polar surface area (TPSA) is 29.1 Å². The van der Waals surface area contributed by atoms with Crippen LogP contribution in [0.3, 0.4) is 0 Å². The number of benzene rings is 2. The highest BCUT2D eigenvalue weighted by atomic mass is 79.9. The first-order chi connectivity index (χ1) is 10.1. The van der Waals surface area contributed by atoms with Crippen LogP contribution in [0.1, 0.15) is 35.2 Å². The number of halogens is 2. The van der Waals surface area contributed by atoms with E-state index in [2.05, 4.69) is 40.3 Å². The Bertz CT molecular complexity index is 595. The summed E-state index contributed by atoms with van der Waals surface area (Å²) in [4.78, 5) is 12.0. The molecule has 0 aromatic heterocycles. The molecule has 1 N–H and O–H groups in total. The first kappa shape index (κ1) is 15.7. The molecule has 4 heteroatoms. The summed E-state index contributed by atoms with van der Waals surface area (Å²) in [6.07, 6.45) is 0.807. The molecule has 21 heavy (non-hydrogen) atoms. The Morgan fingerprint density at radius 3 is 2.57 bits per heavy atom. The van der Waals surface area contributed by atoms with E-state index in [0.29, 0.717) is 16.9 Å². The van der Waals surface area contributed by atoms with Crippen molar-refractivity contribution in [3.8, 4) is 0 Å². The predicted octanol–water partition coefficient (Wildman–Crippen LogP) is 4.51. The minimum atomic E-state index is -0.516. The second kappa shape index (κ2) is 7.36. The second-order valence-corrected chi connectivity index (χ2v) is 5.81. The molecule has 2 aromatic rings. The summed E-state index contributed by atoms with van der Waals surface area (Å²) >= 11 is 3.20. The molecule has 2 nitrogen and oxygen atoms in total. The molecule has 0 aliphatic heterocycles. The van der Waals surface area contributed by atoms with Crippen molar-refractivity contribution in [2.75, 3.05) is 6.54 Å². The van der Waals surface area contributed by atoms with Crippen molar-refractivity contribution in [1.29, 1.82) is 0 Å². The summed E-state index contributed by atoms with van der Waals surface area (Å²) in [5.41, 5.74) is 1.30. The standard InChI is InChI=1S/C17H17BrFNO/c1-12(13-6-3-2-4-7-13)10-11-20-17(21)16-14(18)8-5-9-15(16)19/h2-9,12H,10-11H2,1H3,(H,20,21). The number of carbonyl (C=O) groups is 1. The van der Waals surface area contributed by atoms with E-state index in [4.69, 9.17) is 0 Å². The quantitative estimate of drug-likeness (QED) is 0.845. The van der Waals surface area contributed by atoms with Gasteiger partial charge in [0.25, 0.3) is 5.91 Å². The maximum Gasteiger partial charge on any atom is 0.255 e. The molecule has 2 aromatic carbocycles. The minimum absolute atomic E-state index is 0.0601. The number of nitrogens with one attached hydrogen (secondary N) is 1. The largest absolute Gasteiger partial charge is 0.352 e. The maximum absolute atomic E-state index is 13.7. The Morgan fingerprint density at radius 2 is 1.90 bits per heavy atom. The predicted molar refractivity (Wildman–Crippen MR) is 85.9 cm³/mol. The molecule has 0 heterocycles. The number of rotatable bonds is 5. The molecule has 0 aliphatic rings.